The van der Waals surface area contributed by atoms with Crippen LogP contribution in [0.25, 0.3) is 0 Å². The van der Waals surface area contributed by atoms with E-state index in [1.807, 2.05) is 55.5 Å². The number of hydrogen-bond donors (Lipinski definition) is 1. The van der Waals surface area contributed by atoms with Gasteiger partial charge in [-0.1, -0.05) is 48.0 Å². The van der Waals surface area contributed by atoms with Crippen LogP contribution < -0.4 is 10.1 Å². The van der Waals surface area contributed by atoms with Crippen molar-refractivity contribution in [2.75, 3.05) is 26.7 Å². The Hall–Kier alpha value is -2.38. The zero-order valence-electron chi connectivity index (χ0n) is 18.3. The first kappa shape index (κ1) is 23.3. The van der Waals surface area contributed by atoms with E-state index < -0.39 is 10.0 Å². The van der Waals surface area contributed by atoms with Gasteiger partial charge in [0.15, 0.2) is 0 Å². The van der Waals surface area contributed by atoms with E-state index in [0.717, 1.165) is 35.3 Å². The van der Waals surface area contributed by atoms with E-state index in [9.17, 15) is 13.2 Å². The number of ether oxygens (including phenoxy) is 1. The summed E-state index contributed by atoms with van der Waals surface area (Å²) in [7, 11) is -1.71. The van der Waals surface area contributed by atoms with Gasteiger partial charge in [0.2, 0.25) is 15.9 Å². The average molecular weight is 445 g/mol. The van der Waals surface area contributed by atoms with Gasteiger partial charge >= 0.3 is 0 Å². The van der Waals surface area contributed by atoms with Crippen molar-refractivity contribution in [2.45, 2.75) is 38.4 Å². The van der Waals surface area contributed by atoms with Gasteiger partial charge in [0.1, 0.15) is 5.75 Å². The molecule has 2 aromatic rings. The minimum absolute atomic E-state index is 0.00704. The number of sulfonamides is 1. The standard InChI is InChI=1S/C24H32N2O4S/c1-19-9-11-20(12-10-19)18-31(28,29)26-16-13-22(14-17-26)24(27)25-15-5-7-21-6-3-4-8-23(21)30-2/h3-4,6,8-12,22H,5,7,13-18H2,1-2H3,(H,25,27). The van der Waals surface area contributed by atoms with Crippen molar-refractivity contribution in [2.24, 2.45) is 5.92 Å². The lowest BCUT2D eigenvalue weighted by molar-refractivity contribution is -0.126. The van der Waals surface area contributed by atoms with Crippen LogP contribution in [0, 0.1) is 12.8 Å². The van der Waals surface area contributed by atoms with Gasteiger partial charge in [0.05, 0.1) is 12.9 Å². The molecule has 0 radical (unpaired) electrons. The third kappa shape index (κ3) is 6.55. The van der Waals surface area contributed by atoms with Crippen LogP contribution in [0.3, 0.4) is 0 Å². The molecule has 7 heteroatoms. The fourth-order valence-corrected chi connectivity index (χ4v) is 5.49. The van der Waals surface area contributed by atoms with Crippen LogP contribution in [0.1, 0.15) is 36.0 Å². The van der Waals surface area contributed by atoms with Crippen molar-refractivity contribution in [3.63, 3.8) is 0 Å². The van der Waals surface area contributed by atoms with Gasteiger partial charge in [-0.2, -0.15) is 0 Å². The summed E-state index contributed by atoms with van der Waals surface area (Å²) < 4.78 is 32.3. The normalized spacial score (nSPS) is 15.5. The van der Waals surface area contributed by atoms with Crippen LogP contribution >= 0.6 is 0 Å². The summed E-state index contributed by atoms with van der Waals surface area (Å²) in [6, 6.07) is 15.5. The molecule has 168 valence electrons. The number of benzene rings is 2. The molecule has 0 saturated carbocycles. The molecule has 0 bridgehead atoms. The molecular formula is C24H32N2O4S. The van der Waals surface area contributed by atoms with Gasteiger partial charge in [0, 0.05) is 25.6 Å². The maximum Gasteiger partial charge on any atom is 0.223 e. The zero-order chi connectivity index (χ0) is 22.3. The molecule has 1 fully saturated rings. The topological polar surface area (TPSA) is 75.7 Å². The van der Waals surface area contributed by atoms with Crippen molar-refractivity contribution >= 4 is 15.9 Å². The van der Waals surface area contributed by atoms with E-state index in [2.05, 4.69) is 5.32 Å². The summed E-state index contributed by atoms with van der Waals surface area (Å²) in [6.45, 7) is 3.37. The number of nitrogens with one attached hydrogen (secondary N) is 1. The Morgan fingerprint density at radius 1 is 1.10 bits per heavy atom. The summed E-state index contributed by atoms with van der Waals surface area (Å²) in [5, 5.41) is 3.01. The molecule has 1 saturated heterocycles. The highest BCUT2D eigenvalue weighted by Gasteiger charge is 2.31. The largest absolute Gasteiger partial charge is 0.496 e. The minimum atomic E-state index is -3.37. The molecule has 1 heterocycles. The molecule has 0 unspecified atom stereocenters. The lowest BCUT2D eigenvalue weighted by Gasteiger charge is -2.30. The molecule has 0 aromatic heterocycles. The van der Waals surface area contributed by atoms with E-state index in [-0.39, 0.29) is 17.6 Å². The summed E-state index contributed by atoms with van der Waals surface area (Å²) in [5.41, 5.74) is 3.03. The number of hydrogen-bond acceptors (Lipinski definition) is 4. The van der Waals surface area contributed by atoms with Gasteiger partial charge in [-0.25, -0.2) is 12.7 Å². The fraction of sp³-hybridized carbons (Fsp3) is 0.458. The van der Waals surface area contributed by atoms with Crippen LogP contribution in [0.5, 0.6) is 5.75 Å². The number of para-hydroxylation sites is 1. The van der Waals surface area contributed by atoms with Crippen LogP contribution in [0.15, 0.2) is 48.5 Å². The third-order valence-electron chi connectivity index (χ3n) is 5.80. The van der Waals surface area contributed by atoms with E-state index >= 15 is 0 Å². The Morgan fingerprint density at radius 2 is 1.77 bits per heavy atom. The summed E-state index contributed by atoms with van der Waals surface area (Å²) >= 11 is 0. The van der Waals surface area contributed by atoms with E-state index in [1.54, 1.807) is 7.11 Å². The molecule has 1 amide bonds. The number of piperidine rings is 1. The Bertz CT molecular complexity index is 965. The monoisotopic (exact) mass is 444 g/mol. The van der Waals surface area contributed by atoms with Crippen molar-refractivity contribution in [3.8, 4) is 5.75 Å². The highest BCUT2D eigenvalue weighted by atomic mass is 32.2. The highest BCUT2D eigenvalue weighted by molar-refractivity contribution is 7.88. The molecule has 2 aromatic carbocycles. The average Bonchev–Trinajstić information content (AvgIpc) is 2.78. The highest BCUT2D eigenvalue weighted by Crippen LogP contribution is 2.22. The van der Waals surface area contributed by atoms with Crippen molar-refractivity contribution in [1.29, 1.82) is 0 Å². The number of carbonyl (C=O) groups excluding carboxylic acids is 1. The van der Waals surface area contributed by atoms with Gasteiger partial charge in [-0.05, 0) is 49.8 Å². The van der Waals surface area contributed by atoms with Crippen molar-refractivity contribution in [1.82, 2.24) is 9.62 Å². The van der Waals surface area contributed by atoms with Gasteiger partial charge in [-0.15, -0.1) is 0 Å². The molecular weight excluding hydrogens is 412 g/mol. The lowest BCUT2D eigenvalue weighted by atomic mass is 9.97. The number of carbonyl (C=O) groups is 1. The minimum Gasteiger partial charge on any atom is -0.496 e. The van der Waals surface area contributed by atoms with Gasteiger partial charge < -0.3 is 10.1 Å². The van der Waals surface area contributed by atoms with Crippen molar-refractivity contribution in [3.05, 3.63) is 65.2 Å². The smallest absolute Gasteiger partial charge is 0.223 e. The predicted octanol–water partition coefficient (Wildman–Crippen LogP) is 3.29. The molecule has 31 heavy (non-hydrogen) atoms. The number of aryl methyl sites for hydroxylation is 2. The molecule has 0 spiro atoms. The number of methoxy groups -OCH3 is 1. The molecule has 0 atom stereocenters. The second-order valence-corrected chi connectivity index (χ2v) is 10.1. The maximum atomic E-state index is 12.7. The van der Waals surface area contributed by atoms with E-state index in [0.29, 0.717) is 32.5 Å². The molecule has 1 aliphatic rings. The Balaban J connectivity index is 1.41. The second kappa shape index (κ2) is 10.8. The number of rotatable bonds is 9. The van der Waals surface area contributed by atoms with Crippen LogP contribution in [-0.4, -0.2) is 45.4 Å². The van der Waals surface area contributed by atoms with Crippen molar-refractivity contribution < 1.29 is 17.9 Å². The molecule has 1 N–H and O–H groups in total. The van der Waals surface area contributed by atoms with Gasteiger partial charge in [-0.3, -0.25) is 4.79 Å². The molecule has 0 aliphatic carbocycles. The first-order valence-corrected chi connectivity index (χ1v) is 12.4. The second-order valence-electron chi connectivity index (χ2n) is 8.12. The first-order chi connectivity index (χ1) is 14.9. The van der Waals surface area contributed by atoms with E-state index in [4.69, 9.17) is 4.74 Å². The first-order valence-electron chi connectivity index (χ1n) is 10.8. The predicted molar refractivity (Wildman–Crippen MR) is 122 cm³/mol. The lowest BCUT2D eigenvalue weighted by Crippen LogP contribution is -2.43. The molecule has 6 nitrogen and oxygen atoms in total. The third-order valence-corrected chi connectivity index (χ3v) is 7.65. The summed E-state index contributed by atoms with van der Waals surface area (Å²) in [4.78, 5) is 12.5. The quantitative estimate of drug-likeness (QED) is 0.602. The number of amides is 1. The fourth-order valence-electron chi connectivity index (χ4n) is 3.93. The van der Waals surface area contributed by atoms with E-state index in [1.165, 1.54) is 4.31 Å². The molecule has 1 aliphatic heterocycles. The Morgan fingerprint density at radius 3 is 2.45 bits per heavy atom. The molecule has 3 rings (SSSR count). The van der Waals surface area contributed by atoms with Crippen LogP contribution in [0.4, 0.5) is 0 Å². The Kier molecular flexibility index (Phi) is 8.09. The van der Waals surface area contributed by atoms with Crippen LogP contribution in [0.2, 0.25) is 0 Å². The SMILES string of the molecule is COc1ccccc1CCCNC(=O)C1CCN(S(=O)(=O)Cc2ccc(C)cc2)CC1. The Labute approximate surface area is 185 Å². The maximum absolute atomic E-state index is 12.7. The zero-order valence-corrected chi connectivity index (χ0v) is 19.2. The summed E-state index contributed by atoms with van der Waals surface area (Å²) in [6.07, 6.45) is 2.78. The van der Waals surface area contributed by atoms with Gasteiger partial charge in [0.25, 0.3) is 0 Å². The van der Waals surface area contributed by atoms with Crippen LogP contribution in [-0.2, 0) is 27.0 Å². The summed E-state index contributed by atoms with van der Waals surface area (Å²) in [5.74, 6) is 0.772. The number of nitrogens with zero attached hydrogens (tertiary/aromatic N) is 1.